The van der Waals surface area contributed by atoms with Gasteiger partial charge >= 0.3 is 0 Å². The molecule has 0 aromatic heterocycles. The zero-order valence-corrected chi connectivity index (χ0v) is 12.1. The number of amides is 1. The molecule has 0 saturated heterocycles. The van der Waals surface area contributed by atoms with Crippen LogP contribution in [0, 0.1) is 0 Å². The summed E-state index contributed by atoms with van der Waals surface area (Å²) >= 11 is 0. The number of methoxy groups -OCH3 is 1. The molecule has 0 fully saturated rings. The van der Waals surface area contributed by atoms with E-state index in [-0.39, 0.29) is 18.6 Å². The monoisotopic (exact) mass is 280 g/mol. The van der Waals surface area contributed by atoms with Gasteiger partial charge in [0.1, 0.15) is 0 Å². The normalized spacial score (nSPS) is 11.3. The van der Waals surface area contributed by atoms with Gasteiger partial charge in [-0.05, 0) is 39.0 Å². The fourth-order valence-electron chi connectivity index (χ4n) is 1.58. The van der Waals surface area contributed by atoms with Crippen LogP contribution in [0.25, 0.3) is 0 Å². The van der Waals surface area contributed by atoms with Gasteiger partial charge in [0.05, 0.1) is 12.8 Å². The standard InChI is InChI=1S/C14H20N2O4/c1-9(2)15-14(17)8-20-12-6-5-11(10(3)16-18)7-13(12)19-4/h5-7,9,18H,8H2,1-4H3,(H,15,17)/b16-10+. The molecule has 6 nitrogen and oxygen atoms in total. The first-order valence-corrected chi connectivity index (χ1v) is 6.27. The minimum Gasteiger partial charge on any atom is -0.493 e. The van der Waals surface area contributed by atoms with Crippen LogP contribution in [0.15, 0.2) is 23.4 Å². The van der Waals surface area contributed by atoms with Crippen LogP contribution in [0.2, 0.25) is 0 Å². The summed E-state index contributed by atoms with van der Waals surface area (Å²) in [6.07, 6.45) is 0. The second-order valence-electron chi connectivity index (χ2n) is 4.56. The lowest BCUT2D eigenvalue weighted by Gasteiger charge is -2.13. The molecule has 110 valence electrons. The number of hydrogen-bond acceptors (Lipinski definition) is 5. The molecule has 0 spiro atoms. The van der Waals surface area contributed by atoms with E-state index in [1.165, 1.54) is 7.11 Å². The van der Waals surface area contributed by atoms with Crippen LogP contribution in [0.1, 0.15) is 26.3 Å². The first kappa shape index (κ1) is 15.8. The third-order valence-electron chi connectivity index (χ3n) is 2.54. The van der Waals surface area contributed by atoms with E-state index in [1.54, 1.807) is 25.1 Å². The second-order valence-corrected chi connectivity index (χ2v) is 4.56. The predicted octanol–water partition coefficient (Wildman–Crippen LogP) is 1.80. The highest BCUT2D eigenvalue weighted by Crippen LogP contribution is 2.28. The number of oxime groups is 1. The van der Waals surface area contributed by atoms with Crippen LogP contribution in [0.4, 0.5) is 0 Å². The lowest BCUT2D eigenvalue weighted by molar-refractivity contribution is -0.123. The quantitative estimate of drug-likeness (QED) is 0.473. The average Bonchev–Trinajstić information content (AvgIpc) is 2.43. The van der Waals surface area contributed by atoms with E-state index in [0.717, 1.165) is 0 Å². The van der Waals surface area contributed by atoms with Crippen molar-refractivity contribution in [2.24, 2.45) is 5.16 Å². The molecular weight excluding hydrogens is 260 g/mol. The van der Waals surface area contributed by atoms with E-state index < -0.39 is 0 Å². The zero-order chi connectivity index (χ0) is 15.1. The fraction of sp³-hybridized carbons (Fsp3) is 0.429. The molecule has 1 aromatic rings. The summed E-state index contributed by atoms with van der Waals surface area (Å²) in [7, 11) is 1.51. The van der Waals surface area contributed by atoms with Gasteiger partial charge in [-0.3, -0.25) is 4.79 Å². The highest BCUT2D eigenvalue weighted by atomic mass is 16.5. The first-order valence-electron chi connectivity index (χ1n) is 6.27. The lowest BCUT2D eigenvalue weighted by Crippen LogP contribution is -2.34. The van der Waals surface area contributed by atoms with Crippen LogP contribution >= 0.6 is 0 Å². The summed E-state index contributed by atoms with van der Waals surface area (Å²) < 4.78 is 10.6. The Kier molecular flexibility index (Phi) is 5.83. The molecule has 1 amide bonds. The van der Waals surface area contributed by atoms with Crippen molar-refractivity contribution in [1.82, 2.24) is 5.32 Å². The molecule has 0 aliphatic rings. The van der Waals surface area contributed by atoms with Gasteiger partial charge in [-0.15, -0.1) is 0 Å². The average molecular weight is 280 g/mol. The number of carbonyl (C=O) groups excluding carboxylic acids is 1. The van der Waals surface area contributed by atoms with Crippen LogP contribution in [0.3, 0.4) is 0 Å². The van der Waals surface area contributed by atoms with Crippen molar-refractivity contribution in [1.29, 1.82) is 0 Å². The third kappa shape index (κ3) is 4.46. The minimum absolute atomic E-state index is 0.0683. The second kappa shape index (κ2) is 7.37. The number of hydrogen-bond donors (Lipinski definition) is 2. The molecule has 0 saturated carbocycles. The van der Waals surface area contributed by atoms with E-state index in [9.17, 15) is 4.79 Å². The Morgan fingerprint density at radius 2 is 2.10 bits per heavy atom. The summed E-state index contributed by atoms with van der Waals surface area (Å²) in [5.74, 6) is 0.739. The molecule has 0 bridgehead atoms. The Labute approximate surface area is 118 Å². The maximum atomic E-state index is 11.5. The number of benzene rings is 1. The lowest BCUT2D eigenvalue weighted by atomic mass is 10.1. The fourth-order valence-corrected chi connectivity index (χ4v) is 1.58. The van der Waals surface area contributed by atoms with Gasteiger partial charge in [0, 0.05) is 11.6 Å². The summed E-state index contributed by atoms with van der Waals surface area (Å²) in [5.41, 5.74) is 1.18. The Balaban J connectivity index is 2.78. The number of carbonyl (C=O) groups is 1. The molecule has 0 aliphatic heterocycles. The van der Waals surface area contributed by atoms with Crippen LogP contribution in [0.5, 0.6) is 11.5 Å². The van der Waals surface area contributed by atoms with Gasteiger partial charge in [-0.25, -0.2) is 0 Å². The smallest absolute Gasteiger partial charge is 0.258 e. The van der Waals surface area contributed by atoms with Gasteiger partial charge in [0.2, 0.25) is 0 Å². The summed E-state index contributed by atoms with van der Waals surface area (Å²) in [6, 6.07) is 5.16. The van der Waals surface area contributed by atoms with Crippen molar-refractivity contribution in [2.45, 2.75) is 26.8 Å². The summed E-state index contributed by atoms with van der Waals surface area (Å²) in [4.78, 5) is 11.5. The summed E-state index contributed by atoms with van der Waals surface area (Å²) in [6.45, 7) is 5.35. The minimum atomic E-state index is -0.195. The summed E-state index contributed by atoms with van der Waals surface area (Å²) in [5, 5.41) is 14.6. The largest absolute Gasteiger partial charge is 0.493 e. The molecule has 0 unspecified atom stereocenters. The zero-order valence-electron chi connectivity index (χ0n) is 12.1. The highest BCUT2D eigenvalue weighted by molar-refractivity contribution is 5.98. The van der Waals surface area contributed by atoms with Crippen LogP contribution in [-0.2, 0) is 4.79 Å². The molecule has 2 N–H and O–H groups in total. The van der Waals surface area contributed by atoms with E-state index in [2.05, 4.69) is 10.5 Å². The molecule has 6 heteroatoms. The van der Waals surface area contributed by atoms with E-state index in [0.29, 0.717) is 22.8 Å². The molecule has 0 heterocycles. The van der Waals surface area contributed by atoms with Crippen molar-refractivity contribution in [3.63, 3.8) is 0 Å². The van der Waals surface area contributed by atoms with E-state index in [1.807, 2.05) is 13.8 Å². The van der Waals surface area contributed by atoms with Crippen molar-refractivity contribution < 1.29 is 19.5 Å². The van der Waals surface area contributed by atoms with Gasteiger partial charge in [0.25, 0.3) is 5.91 Å². The van der Waals surface area contributed by atoms with Crippen molar-refractivity contribution in [3.8, 4) is 11.5 Å². The van der Waals surface area contributed by atoms with Gasteiger partial charge < -0.3 is 20.0 Å². The highest BCUT2D eigenvalue weighted by Gasteiger charge is 2.10. The van der Waals surface area contributed by atoms with Gasteiger partial charge in [-0.1, -0.05) is 5.16 Å². The molecule has 1 aromatic carbocycles. The van der Waals surface area contributed by atoms with Gasteiger partial charge in [-0.2, -0.15) is 0 Å². The van der Waals surface area contributed by atoms with Crippen LogP contribution < -0.4 is 14.8 Å². The molecule has 0 radical (unpaired) electrons. The Bertz CT molecular complexity index is 498. The Morgan fingerprint density at radius 3 is 2.65 bits per heavy atom. The Hall–Kier alpha value is -2.24. The van der Waals surface area contributed by atoms with Crippen molar-refractivity contribution in [2.75, 3.05) is 13.7 Å². The first-order chi connectivity index (χ1) is 9.47. The Morgan fingerprint density at radius 1 is 1.40 bits per heavy atom. The molecular formula is C14H20N2O4. The number of ether oxygens (including phenoxy) is 2. The topological polar surface area (TPSA) is 80.2 Å². The molecule has 0 aliphatic carbocycles. The number of nitrogens with one attached hydrogen (secondary N) is 1. The van der Waals surface area contributed by atoms with Crippen LogP contribution in [-0.4, -0.2) is 36.6 Å². The maximum absolute atomic E-state index is 11.5. The van der Waals surface area contributed by atoms with Crippen molar-refractivity contribution >= 4 is 11.6 Å². The van der Waals surface area contributed by atoms with Gasteiger partial charge in [0.15, 0.2) is 18.1 Å². The SMILES string of the molecule is COc1cc(/C(C)=N/O)ccc1OCC(=O)NC(C)C. The van der Waals surface area contributed by atoms with E-state index >= 15 is 0 Å². The number of rotatable bonds is 6. The maximum Gasteiger partial charge on any atom is 0.258 e. The molecule has 0 atom stereocenters. The predicted molar refractivity (Wildman–Crippen MR) is 75.8 cm³/mol. The molecule has 1 rings (SSSR count). The number of nitrogens with zero attached hydrogens (tertiary/aromatic N) is 1. The third-order valence-corrected chi connectivity index (χ3v) is 2.54. The molecule has 20 heavy (non-hydrogen) atoms. The van der Waals surface area contributed by atoms with Crippen molar-refractivity contribution in [3.05, 3.63) is 23.8 Å². The van der Waals surface area contributed by atoms with E-state index in [4.69, 9.17) is 14.7 Å².